The molecule has 1 aliphatic rings. The molecule has 1 aliphatic heterocycles. The first-order valence-electron chi connectivity index (χ1n) is 9.48. The van der Waals surface area contributed by atoms with E-state index < -0.39 is 21.0 Å². The van der Waals surface area contributed by atoms with Gasteiger partial charge in [-0.05, 0) is 34.7 Å². The number of carbonyl (C=O) groups is 1. The van der Waals surface area contributed by atoms with Crippen LogP contribution in [0.3, 0.4) is 0 Å². The van der Waals surface area contributed by atoms with Crippen LogP contribution in [-0.2, 0) is 10.0 Å². The highest BCUT2D eigenvalue weighted by Gasteiger charge is 2.34. The van der Waals surface area contributed by atoms with Crippen molar-refractivity contribution in [1.82, 2.24) is 5.01 Å². The minimum Gasteiger partial charge on any atom is -0.284 e. The number of rotatable bonds is 6. The number of hydrogen-bond donors (Lipinski definition) is 1. The lowest BCUT2D eigenvalue weighted by atomic mass is 9.98. The lowest BCUT2D eigenvalue weighted by Crippen LogP contribution is -2.26. The van der Waals surface area contributed by atoms with Gasteiger partial charge in [0, 0.05) is 24.2 Å². The van der Waals surface area contributed by atoms with Crippen LogP contribution in [-0.4, -0.2) is 36.2 Å². The van der Waals surface area contributed by atoms with E-state index in [9.17, 15) is 23.3 Å². The number of thiophene rings is 1. The largest absolute Gasteiger partial charge is 0.284 e. The molecule has 0 unspecified atom stereocenters. The highest BCUT2D eigenvalue weighted by Crippen LogP contribution is 2.36. The van der Waals surface area contributed by atoms with E-state index in [2.05, 4.69) is 9.82 Å². The predicted molar refractivity (Wildman–Crippen MR) is 122 cm³/mol. The van der Waals surface area contributed by atoms with Crippen LogP contribution < -0.4 is 4.72 Å². The SMILES string of the molecule is CS(=O)(=O)Nc1cccc(C2=NN(C(=O)c3cccs3)[C@@H](c3cccc([N+](=O)[O-])c3)C2)c1. The van der Waals surface area contributed by atoms with Crippen LogP contribution in [0.1, 0.15) is 33.3 Å². The second-order valence-electron chi connectivity index (χ2n) is 7.20. The third-order valence-electron chi connectivity index (χ3n) is 4.82. The van der Waals surface area contributed by atoms with E-state index in [-0.39, 0.29) is 11.6 Å². The lowest BCUT2D eigenvalue weighted by molar-refractivity contribution is -0.384. The van der Waals surface area contributed by atoms with Gasteiger partial charge in [-0.3, -0.25) is 19.6 Å². The number of nitrogens with one attached hydrogen (secondary N) is 1. The van der Waals surface area contributed by atoms with Crippen molar-refractivity contribution in [3.05, 3.63) is 92.2 Å². The van der Waals surface area contributed by atoms with E-state index in [0.717, 1.165) is 6.26 Å². The van der Waals surface area contributed by atoms with Crippen molar-refractivity contribution >= 4 is 44.4 Å². The van der Waals surface area contributed by atoms with E-state index in [0.29, 0.717) is 33.8 Å². The van der Waals surface area contributed by atoms with Gasteiger partial charge >= 0.3 is 0 Å². The van der Waals surface area contributed by atoms with Gasteiger partial charge in [0.25, 0.3) is 11.6 Å². The summed E-state index contributed by atoms with van der Waals surface area (Å²) in [7, 11) is -3.45. The average molecular weight is 471 g/mol. The van der Waals surface area contributed by atoms with E-state index in [4.69, 9.17) is 0 Å². The minimum absolute atomic E-state index is 0.0705. The molecule has 0 spiro atoms. The number of sulfonamides is 1. The van der Waals surface area contributed by atoms with Crippen molar-refractivity contribution in [2.45, 2.75) is 12.5 Å². The van der Waals surface area contributed by atoms with Gasteiger partial charge in [0.2, 0.25) is 10.0 Å². The van der Waals surface area contributed by atoms with Gasteiger partial charge < -0.3 is 0 Å². The number of benzene rings is 2. The summed E-state index contributed by atoms with van der Waals surface area (Å²) >= 11 is 1.28. The van der Waals surface area contributed by atoms with Gasteiger partial charge in [-0.1, -0.05) is 30.3 Å². The number of hydrazone groups is 1. The molecule has 1 aromatic heterocycles. The van der Waals surface area contributed by atoms with Crippen molar-refractivity contribution in [3.63, 3.8) is 0 Å². The Balaban J connectivity index is 1.73. The molecule has 1 atom stereocenters. The molecule has 0 saturated heterocycles. The fraction of sp³-hybridized carbons (Fsp3) is 0.143. The van der Waals surface area contributed by atoms with Crippen LogP contribution in [0, 0.1) is 10.1 Å². The Morgan fingerprint density at radius 2 is 1.97 bits per heavy atom. The third-order valence-corrected chi connectivity index (χ3v) is 6.28. The summed E-state index contributed by atoms with van der Waals surface area (Å²) in [6.07, 6.45) is 1.38. The highest BCUT2D eigenvalue weighted by atomic mass is 32.2. The van der Waals surface area contributed by atoms with Crippen LogP contribution in [0.15, 0.2) is 71.1 Å². The van der Waals surface area contributed by atoms with Crippen molar-refractivity contribution in [2.75, 3.05) is 11.0 Å². The Hall–Kier alpha value is -3.57. The van der Waals surface area contributed by atoms with Gasteiger partial charge in [0.05, 0.1) is 27.8 Å². The van der Waals surface area contributed by atoms with Crippen molar-refractivity contribution in [1.29, 1.82) is 0 Å². The molecule has 0 bridgehead atoms. The minimum atomic E-state index is -3.45. The number of carbonyl (C=O) groups excluding carboxylic acids is 1. The Kier molecular flexibility index (Phi) is 5.76. The maximum absolute atomic E-state index is 13.1. The lowest BCUT2D eigenvalue weighted by Gasteiger charge is -2.21. The molecule has 164 valence electrons. The molecule has 9 nitrogen and oxygen atoms in total. The van der Waals surface area contributed by atoms with Gasteiger partial charge in [0.1, 0.15) is 0 Å². The first-order valence-corrected chi connectivity index (χ1v) is 12.3. The van der Waals surface area contributed by atoms with Gasteiger partial charge in [-0.15, -0.1) is 11.3 Å². The zero-order chi connectivity index (χ0) is 22.9. The van der Waals surface area contributed by atoms with E-state index in [1.165, 1.54) is 28.5 Å². The molecule has 2 heterocycles. The third kappa shape index (κ3) is 4.68. The summed E-state index contributed by atoms with van der Waals surface area (Å²) in [5.74, 6) is -0.308. The molecular weight excluding hydrogens is 452 g/mol. The molecule has 32 heavy (non-hydrogen) atoms. The van der Waals surface area contributed by atoms with Crippen LogP contribution in [0.2, 0.25) is 0 Å². The topological polar surface area (TPSA) is 122 Å². The smallest absolute Gasteiger partial charge is 0.284 e. The molecule has 0 fully saturated rings. The predicted octanol–water partition coefficient (Wildman–Crippen LogP) is 4.02. The molecule has 0 aliphatic carbocycles. The number of nitro benzene ring substituents is 1. The first-order chi connectivity index (χ1) is 15.2. The molecule has 11 heteroatoms. The monoisotopic (exact) mass is 470 g/mol. The average Bonchev–Trinajstić information content (AvgIpc) is 3.43. The van der Waals surface area contributed by atoms with Gasteiger partial charge in [-0.2, -0.15) is 5.10 Å². The Bertz CT molecular complexity index is 1320. The summed E-state index contributed by atoms with van der Waals surface area (Å²) in [6, 6.07) is 15.8. The fourth-order valence-corrected chi connectivity index (χ4v) is 4.68. The number of nitro groups is 1. The summed E-state index contributed by atoms with van der Waals surface area (Å²) in [6.45, 7) is 0. The van der Waals surface area contributed by atoms with E-state index in [1.807, 2.05) is 0 Å². The van der Waals surface area contributed by atoms with Crippen LogP contribution in [0.4, 0.5) is 11.4 Å². The van der Waals surface area contributed by atoms with Crippen molar-refractivity contribution in [3.8, 4) is 0 Å². The maximum atomic E-state index is 13.1. The van der Waals surface area contributed by atoms with Crippen molar-refractivity contribution < 1.29 is 18.1 Å². The summed E-state index contributed by atoms with van der Waals surface area (Å²) in [5.41, 5.74) is 2.12. The second kappa shape index (κ2) is 8.52. The zero-order valence-corrected chi connectivity index (χ0v) is 18.5. The van der Waals surface area contributed by atoms with Crippen LogP contribution >= 0.6 is 11.3 Å². The normalized spacial score (nSPS) is 16.0. The first kappa shape index (κ1) is 21.7. The molecular formula is C21H18N4O5S2. The molecule has 2 aromatic carbocycles. The molecule has 0 saturated carbocycles. The van der Waals surface area contributed by atoms with Crippen LogP contribution in [0.5, 0.6) is 0 Å². The summed E-state index contributed by atoms with van der Waals surface area (Å²) in [4.78, 5) is 24.4. The number of hydrogen-bond acceptors (Lipinski definition) is 7. The Morgan fingerprint density at radius 3 is 2.66 bits per heavy atom. The number of anilines is 1. The number of nitrogens with zero attached hydrogens (tertiary/aromatic N) is 3. The Morgan fingerprint density at radius 1 is 1.19 bits per heavy atom. The van der Waals surface area contributed by atoms with Crippen LogP contribution in [0.25, 0.3) is 0 Å². The molecule has 1 N–H and O–H groups in total. The van der Waals surface area contributed by atoms with Crippen molar-refractivity contribution in [2.24, 2.45) is 5.10 Å². The molecule has 1 amide bonds. The Labute approximate surface area is 188 Å². The molecule has 3 aromatic rings. The molecule has 4 rings (SSSR count). The quantitative estimate of drug-likeness (QED) is 0.431. The number of non-ortho nitro benzene ring substituents is 1. The number of amides is 1. The summed E-state index contributed by atoms with van der Waals surface area (Å²) < 4.78 is 25.6. The standard InChI is InChI=1S/C21H18N4O5S2/c1-32(29,30)23-16-7-2-5-14(11-16)18-13-19(15-6-3-8-17(12-15)25(27)28)24(22-18)21(26)20-9-4-10-31-20/h2-12,19,23H,13H2,1H3/t19-/m1/s1. The maximum Gasteiger partial charge on any atom is 0.284 e. The summed E-state index contributed by atoms with van der Waals surface area (Å²) in [5, 5.41) is 18.9. The molecule has 0 radical (unpaired) electrons. The second-order valence-corrected chi connectivity index (χ2v) is 9.90. The van der Waals surface area contributed by atoms with E-state index >= 15 is 0 Å². The zero-order valence-electron chi connectivity index (χ0n) is 16.8. The van der Waals surface area contributed by atoms with Gasteiger partial charge in [-0.25, -0.2) is 13.4 Å². The van der Waals surface area contributed by atoms with E-state index in [1.54, 1.807) is 53.9 Å². The highest BCUT2D eigenvalue weighted by molar-refractivity contribution is 7.92. The fourth-order valence-electron chi connectivity index (χ4n) is 3.47. The van der Waals surface area contributed by atoms with Gasteiger partial charge in [0.15, 0.2) is 0 Å².